The maximum Gasteiger partial charge on any atom is 0.259 e. The summed E-state index contributed by atoms with van der Waals surface area (Å²) in [6, 6.07) is 6.91. The van der Waals surface area contributed by atoms with Crippen molar-refractivity contribution in [3.63, 3.8) is 0 Å². The first-order chi connectivity index (χ1) is 20.1. The molecular formula is C27H25BrClF2N5O6. The lowest BCUT2D eigenvalue weighted by molar-refractivity contribution is -0.211. The molecule has 3 aromatic rings. The summed E-state index contributed by atoms with van der Waals surface area (Å²) in [5.41, 5.74) is 0.659. The Morgan fingerprint density at radius 3 is 2.55 bits per heavy atom. The Balaban J connectivity index is 1.54. The molecule has 42 heavy (non-hydrogen) atoms. The molecule has 2 heterocycles. The Bertz CT molecular complexity index is 1520. The van der Waals surface area contributed by atoms with Crippen LogP contribution in [0.25, 0.3) is 11.3 Å². The van der Waals surface area contributed by atoms with E-state index in [-0.39, 0.29) is 16.8 Å². The summed E-state index contributed by atoms with van der Waals surface area (Å²) in [5.74, 6) is -2.65. The summed E-state index contributed by atoms with van der Waals surface area (Å²) in [7, 11) is 1.30. The third-order valence-electron chi connectivity index (χ3n) is 7.54. The van der Waals surface area contributed by atoms with E-state index in [1.807, 2.05) is 6.07 Å². The van der Waals surface area contributed by atoms with Crippen molar-refractivity contribution < 1.29 is 38.4 Å². The molecule has 1 aromatic heterocycles. The van der Waals surface area contributed by atoms with Gasteiger partial charge in [-0.25, -0.2) is 13.5 Å². The van der Waals surface area contributed by atoms with Gasteiger partial charge in [0.2, 0.25) is 0 Å². The number of hydrogen-bond donors (Lipinski definition) is 3. The predicted octanol–water partition coefficient (Wildman–Crippen LogP) is 2.74. The van der Waals surface area contributed by atoms with Crippen molar-refractivity contribution >= 4 is 39.1 Å². The number of amides is 1. The number of nitriles is 1. The number of rotatable bonds is 7. The van der Waals surface area contributed by atoms with Crippen LogP contribution in [0, 0.1) is 23.0 Å². The lowest BCUT2D eigenvalue weighted by Crippen LogP contribution is -2.64. The number of carbonyl (C=O) groups is 1. The van der Waals surface area contributed by atoms with Crippen LogP contribution in [0.3, 0.4) is 0 Å². The zero-order valence-electron chi connectivity index (χ0n) is 21.9. The topological polar surface area (TPSA) is 154 Å². The van der Waals surface area contributed by atoms with Crippen molar-refractivity contribution in [1.82, 2.24) is 15.0 Å². The predicted molar refractivity (Wildman–Crippen MR) is 147 cm³/mol. The van der Waals surface area contributed by atoms with Gasteiger partial charge in [0.25, 0.3) is 5.91 Å². The van der Waals surface area contributed by atoms with Crippen LogP contribution < -0.4 is 4.90 Å². The van der Waals surface area contributed by atoms with Crippen LogP contribution in [0.2, 0.25) is 5.02 Å². The Hall–Kier alpha value is -3.03. The van der Waals surface area contributed by atoms with Crippen LogP contribution in [0.1, 0.15) is 24.4 Å². The standard InChI is InChI=1S/C27H25BrClF2N5O6/c1-41-25-23(35-10-18(33-34-35)13-6-16(30)22(29)17(31)7-13)24(39)21(11-37)42-26(25)27(40)36(19-2-3-20(19)38)15-5-12(9-32)4-14(28)8-15/h4-8,10,19-21,23-26,37-39H,2-3,11H2,1H3/t19-,20-,21?,23?,24?,25?,26?/m1/s1. The molecule has 3 N–H and O–H groups in total. The van der Waals surface area contributed by atoms with Gasteiger partial charge < -0.3 is 29.7 Å². The van der Waals surface area contributed by atoms with Crippen molar-refractivity contribution in [2.24, 2.45) is 0 Å². The highest BCUT2D eigenvalue weighted by Crippen LogP contribution is 2.38. The van der Waals surface area contributed by atoms with E-state index >= 15 is 0 Å². The minimum absolute atomic E-state index is 0.0237. The number of halogens is 4. The molecule has 0 bridgehead atoms. The first-order valence-corrected chi connectivity index (χ1v) is 14.0. The van der Waals surface area contributed by atoms with E-state index in [9.17, 15) is 34.2 Å². The van der Waals surface area contributed by atoms with Crippen molar-refractivity contribution in [1.29, 1.82) is 5.26 Å². The van der Waals surface area contributed by atoms with Crippen LogP contribution in [0.4, 0.5) is 14.5 Å². The Morgan fingerprint density at radius 1 is 1.26 bits per heavy atom. The highest BCUT2D eigenvalue weighted by molar-refractivity contribution is 9.10. The number of hydrogen-bond acceptors (Lipinski definition) is 9. The van der Waals surface area contributed by atoms with Gasteiger partial charge in [-0.05, 0) is 43.2 Å². The number of ether oxygens (including phenoxy) is 2. The highest BCUT2D eigenvalue weighted by Gasteiger charge is 2.52. The summed E-state index contributed by atoms with van der Waals surface area (Å²) >= 11 is 8.95. The number of carbonyl (C=O) groups excluding carboxylic acids is 1. The molecule has 0 radical (unpaired) electrons. The summed E-state index contributed by atoms with van der Waals surface area (Å²) in [6.45, 7) is -0.672. The SMILES string of the molecule is COC1C(C(=O)N(c2cc(Br)cc(C#N)c2)[C@@H]2CC[C@H]2O)OC(CO)C(O)C1n1cc(-c2cc(F)c(Cl)c(F)c2)nn1. The number of anilines is 1. The molecular weight excluding hydrogens is 644 g/mol. The van der Waals surface area contributed by atoms with Crippen molar-refractivity contribution in [2.75, 3.05) is 18.6 Å². The molecule has 5 unspecified atom stereocenters. The lowest BCUT2D eigenvalue weighted by Gasteiger charge is -2.47. The molecule has 15 heteroatoms. The second kappa shape index (κ2) is 12.3. The van der Waals surface area contributed by atoms with E-state index in [0.29, 0.717) is 23.0 Å². The second-order valence-electron chi connectivity index (χ2n) is 10.0. The zero-order chi connectivity index (χ0) is 30.3. The van der Waals surface area contributed by atoms with Gasteiger partial charge >= 0.3 is 0 Å². The third kappa shape index (κ3) is 5.53. The first kappa shape index (κ1) is 30.4. The van der Waals surface area contributed by atoms with E-state index in [2.05, 4.69) is 26.2 Å². The highest BCUT2D eigenvalue weighted by atomic mass is 79.9. The smallest absolute Gasteiger partial charge is 0.259 e. The summed E-state index contributed by atoms with van der Waals surface area (Å²) in [6.07, 6.45) is -3.93. The molecule has 2 aliphatic rings. The molecule has 2 aromatic carbocycles. The number of aliphatic hydroxyl groups is 3. The third-order valence-corrected chi connectivity index (χ3v) is 8.36. The number of benzene rings is 2. The van der Waals surface area contributed by atoms with Gasteiger partial charge in [0.1, 0.15) is 46.7 Å². The molecule has 1 saturated heterocycles. The molecule has 7 atom stereocenters. The van der Waals surface area contributed by atoms with Gasteiger partial charge in [0, 0.05) is 22.8 Å². The van der Waals surface area contributed by atoms with E-state index in [1.165, 1.54) is 29.0 Å². The first-order valence-electron chi connectivity index (χ1n) is 12.8. The largest absolute Gasteiger partial charge is 0.394 e. The van der Waals surface area contributed by atoms with Crippen LogP contribution in [-0.2, 0) is 14.3 Å². The molecule has 5 rings (SSSR count). The lowest BCUT2D eigenvalue weighted by atomic mass is 9.85. The molecule has 2 fully saturated rings. The van der Waals surface area contributed by atoms with Crippen LogP contribution >= 0.6 is 27.5 Å². The van der Waals surface area contributed by atoms with E-state index < -0.39 is 71.8 Å². The number of nitrogens with zero attached hydrogens (tertiary/aromatic N) is 5. The minimum Gasteiger partial charge on any atom is -0.394 e. The number of aromatic nitrogens is 3. The fraction of sp³-hybridized carbons (Fsp3) is 0.407. The molecule has 222 valence electrons. The summed E-state index contributed by atoms with van der Waals surface area (Å²) in [4.78, 5) is 15.6. The minimum atomic E-state index is -1.45. The van der Waals surface area contributed by atoms with E-state index in [4.69, 9.17) is 21.1 Å². The average Bonchev–Trinajstić information content (AvgIpc) is 3.46. The van der Waals surface area contributed by atoms with Crippen molar-refractivity contribution in [2.45, 2.75) is 55.4 Å². The monoisotopic (exact) mass is 667 g/mol. The van der Waals surface area contributed by atoms with Crippen molar-refractivity contribution in [3.8, 4) is 17.3 Å². The Labute approximate surface area is 251 Å². The second-order valence-corrected chi connectivity index (χ2v) is 11.3. The van der Waals surface area contributed by atoms with E-state index in [0.717, 1.165) is 12.1 Å². The molecule has 1 amide bonds. The van der Waals surface area contributed by atoms with Gasteiger partial charge in [0.15, 0.2) is 6.10 Å². The maximum atomic E-state index is 14.2. The summed E-state index contributed by atoms with van der Waals surface area (Å²) < 4.78 is 41.5. The van der Waals surface area contributed by atoms with Gasteiger partial charge in [-0.1, -0.05) is 32.7 Å². The molecule has 11 nitrogen and oxygen atoms in total. The average molecular weight is 669 g/mol. The van der Waals surface area contributed by atoms with Gasteiger partial charge in [-0.2, -0.15) is 5.26 Å². The number of aliphatic hydroxyl groups excluding tert-OH is 3. The molecule has 1 aliphatic carbocycles. The fourth-order valence-electron chi connectivity index (χ4n) is 5.28. The fourth-order valence-corrected chi connectivity index (χ4v) is 5.87. The Kier molecular flexibility index (Phi) is 8.91. The van der Waals surface area contributed by atoms with Gasteiger partial charge in [-0.15, -0.1) is 5.10 Å². The van der Waals surface area contributed by atoms with Crippen LogP contribution in [-0.4, -0.2) is 86.5 Å². The van der Waals surface area contributed by atoms with Crippen molar-refractivity contribution in [3.05, 3.63) is 63.2 Å². The molecule has 1 aliphatic heterocycles. The Morgan fingerprint density at radius 2 is 1.98 bits per heavy atom. The van der Waals surface area contributed by atoms with Crippen LogP contribution in [0.5, 0.6) is 0 Å². The zero-order valence-corrected chi connectivity index (χ0v) is 24.3. The van der Waals surface area contributed by atoms with E-state index in [1.54, 1.807) is 12.1 Å². The van der Waals surface area contributed by atoms with Gasteiger partial charge in [0.05, 0.1) is 36.6 Å². The van der Waals surface area contributed by atoms with Crippen LogP contribution in [0.15, 0.2) is 41.0 Å². The van der Waals surface area contributed by atoms with Gasteiger partial charge in [-0.3, -0.25) is 4.79 Å². The quantitative estimate of drug-likeness (QED) is 0.323. The molecule has 1 saturated carbocycles. The molecule has 0 spiro atoms. The normalized spacial score (nSPS) is 27.3. The summed E-state index contributed by atoms with van der Waals surface area (Å²) in [5, 5.41) is 48.6. The number of methoxy groups -OCH3 is 1. The maximum absolute atomic E-state index is 14.2.